The Morgan fingerprint density at radius 2 is 1.90 bits per heavy atom. The molecule has 3 rings (SSSR count). The molecule has 1 saturated carbocycles. The van der Waals surface area contributed by atoms with Crippen LogP contribution in [0.3, 0.4) is 0 Å². The van der Waals surface area contributed by atoms with Gasteiger partial charge in [0, 0.05) is 23.4 Å². The number of amides is 2. The fourth-order valence-corrected chi connectivity index (χ4v) is 3.51. The molecule has 0 aliphatic heterocycles. The van der Waals surface area contributed by atoms with E-state index in [0.29, 0.717) is 35.2 Å². The number of hydrogen-bond acceptors (Lipinski definition) is 5. The Kier molecular flexibility index (Phi) is 7.08. The van der Waals surface area contributed by atoms with Crippen LogP contribution in [0.1, 0.15) is 29.6 Å². The standard InChI is InChI=1S/C22H27N3O4/c1-28-19-6-3-5-17(12-19)24-21(26)14-29-18-10-8-15(9-11-18)22(27)25-20-7-2-4-16(20)13-23/h3,5-6,8-12,16,20H,2,4,7,13-14,23H2,1H3,(H,24,26)(H,25,27). The van der Waals surface area contributed by atoms with Crippen LogP contribution < -0.4 is 25.8 Å². The molecule has 1 aliphatic rings. The second-order valence-electron chi connectivity index (χ2n) is 7.10. The SMILES string of the molecule is COc1cccc(NC(=O)COc2ccc(C(=O)NC3CCCC3CN)cc2)c1. The van der Waals surface area contributed by atoms with Crippen LogP contribution in [0.4, 0.5) is 5.69 Å². The highest BCUT2D eigenvalue weighted by Crippen LogP contribution is 2.25. The minimum Gasteiger partial charge on any atom is -0.497 e. The molecule has 7 nitrogen and oxygen atoms in total. The number of benzene rings is 2. The largest absolute Gasteiger partial charge is 0.497 e. The van der Waals surface area contributed by atoms with Crippen molar-refractivity contribution in [2.75, 3.05) is 25.6 Å². The number of carbonyl (C=O) groups excluding carboxylic acids is 2. The highest BCUT2D eigenvalue weighted by atomic mass is 16.5. The lowest BCUT2D eigenvalue weighted by atomic mass is 10.0. The Bertz CT molecular complexity index is 838. The highest BCUT2D eigenvalue weighted by Gasteiger charge is 2.27. The Balaban J connectivity index is 1.48. The number of ether oxygens (including phenoxy) is 2. The van der Waals surface area contributed by atoms with Crippen molar-refractivity contribution in [2.45, 2.75) is 25.3 Å². The molecule has 0 saturated heterocycles. The summed E-state index contributed by atoms with van der Waals surface area (Å²) in [4.78, 5) is 24.5. The van der Waals surface area contributed by atoms with Crippen molar-refractivity contribution in [3.63, 3.8) is 0 Å². The van der Waals surface area contributed by atoms with Gasteiger partial charge in [-0.25, -0.2) is 0 Å². The van der Waals surface area contributed by atoms with Crippen LogP contribution in [0.25, 0.3) is 0 Å². The fraction of sp³-hybridized carbons (Fsp3) is 0.364. The summed E-state index contributed by atoms with van der Waals surface area (Å²) in [5.74, 6) is 1.13. The third-order valence-electron chi connectivity index (χ3n) is 5.12. The van der Waals surface area contributed by atoms with E-state index in [1.54, 1.807) is 55.6 Å². The van der Waals surface area contributed by atoms with Crippen molar-refractivity contribution < 1.29 is 19.1 Å². The molecule has 154 valence electrons. The zero-order chi connectivity index (χ0) is 20.6. The number of nitrogens with two attached hydrogens (primary N) is 1. The number of rotatable bonds is 8. The second kappa shape index (κ2) is 9.93. The summed E-state index contributed by atoms with van der Waals surface area (Å²) in [6.45, 7) is 0.457. The lowest BCUT2D eigenvalue weighted by Crippen LogP contribution is -2.39. The minimum absolute atomic E-state index is 0.113. The molecule has 2 aromatic carbocycles. The summed E-state index contributed by atoms with van der Waals surface area (Å²) in [6.07, 6.45) is 3.13. The van der Waals surface area contributed by atoms with Crippen LogP contribution in [-0.2, 0) is 4.79 Å². The minimum atomic E-state index is -0.283. The smallest absolute Gasteiger partial charge is 0.262 e. The normalized spacial score (nSPS) is 18.1. The molecule has 0 spiro atoms. The van der Waals surface area contributed by atoms with Gasteiger partial charge in [0.2, 0.25) is 0 Å². The molecule has 1 aliphatic carbocycles. The second-order valence-corrected chi connectivity index (χ2v) is 7.10. The van der Waals surface area contributed by atoms with Crippen molar-refractivity contribution in [2.24, 2.45) is 11.7 Å². The molecule has 2 amide bonds. The predicted octanol–water partition coefficient (Wildman–Crippen LogP) is 2.57. The summed E-state index contributed by atoms with van der Waals surface area (Å²) in [5, 5.41) is 5.82. The fourth-order valence-electron chi connectivity index (χ4n) is 3.51. The summed E-state index contributed by atoms with van der Waals surface area (Å²) in [5.41, 5.74) is 6.96. The van der Waals surface area contributed by atoms with E-state index in [1.807, 2.05) is 0 Å². The highest BCUT2D eigenvalue weighted by molar-refractivity contribution is 5.94. The van der Waals surface area contributed by atoms with Gasteiger partial charge in [-0.15, -0.1) is 0 Å². The van der Waals surface area contributed by atoms with Gasteiger partial charge in [-0.2, -0.15) is 0 Å². The van der Waals surface area contributed by atoms with Gasteiger partial charge in [0.15, 0.2) is 6.61 Å². The van der Waals surface area contributed by atoms with Crippen molar-refractivity contribution in [1.29, 1.82) is 0 Å². The first-order valence-corrected chi connectivity index (χ1v) is 9.76. The molecule has 2 unspecified atom stereocenters. The van der Waals surface area contributed by atoms with Crippen LogP contribution >= 0.6 is 0 Å². The van der Waals surface area contributed by atoms with E-state index in [0.717, 1.165) is 19.3 Å². The Hall–Kier alpha value is -3.06. The van der Waals surface area contributed by atoms with Gasteiger partial charge in [-0.1, -0.05) is 12.5 Å². The van der Waals surface area contributed by atoms with E-state index in [4.69, 9.17) is 15.2 Å². The van der Waals surface area contributed by atoms with Gasteiger partial charge in [-0.3, -0.25) is 9.59 Å². The number of carbonyl (C=O) groups is 2. The summed E-state index contributed by atoms with van der Waals surface area (Å²) in [7, 11) is 1.57. The maximum atomic E-state index is 12.4. The number of nitrogens with one attached hydrogen (secondary N) is 2. The molecule has 0 aromatic heterocycles. The first-order valence-electron chi connectivity index (χ1n) is 9.76. The maximum absolute atomic E-state index is 12.4. The van der Waals surface area contributed by atoms with E-state index in [-0.39, 0.29) is 24.5 Å². The van der Waals surface area contributed by atoms with Gasteiger partial charge in [-0.05, 0) is 61.7 Å². The lowest BCUT2D eigenvalue weighted by molar-refractivity contribution is -0.118. The summed E-state index contributed by atoms with van der Waals surface area (Å²) >= 11 is 0. The van der Waals surface area contributed by atoms with E-state index < -0.39 is 0 Å². The maximum Gasteiger partial charge on any atom is 0.262 e. The Morgan fingerprint density at radius 1 is 1.10 bits per heavy atom. The third kappa shape index (κ3) is 5.71. The molecule has 29 heavy (non-hydrogen) atoms. The Morgan fingerprint density at radius 3 is 2.62 bits per heavy atom. The van der Waals surface area contributed by atoms with Crippen molar-refractivity contribution >= 4 is 17.5 Å². The molecule has 0 heterocycles. The zero-order valence-electron chi connectivity index (χ0n) is 16.5. The Labute approximate surface area is 170 Å². The van der Waals surface area contributed by atoms with E-state index in [9.17, 15) is 9.59 Å². The number of methoxy groups -OCH3 is 1. The average Bonchev–Trinajstić information content (AvgIpc) is 3.19. The molecular formula is C22H27N3O4. The quantitative estimate of drug-likeness (QED) is 0.635. The molecule has 2 aromatic rings. The first kappa shape index (κ1) is 20.7. The summed E-state index contributed by atoms with van der Waals surface area (Å²) in [6, 6.07) is 14.0. The van der Waals surface area contributed by atoms with Crippen LogP contribution in [0.2, 0.25) is 0 Å². The van der Waals surface area contributed by atoms with Crippen LogP contribution in [0.15, 0.2) is 48.5 Å². The van der Waals surface area contributed by atoms with E-state index in [2.05, 4.69) is 10.6 Å². The molecule has 7 heteroatoms. The van der Waals surface area contributed by atoms with E-state index >= 15 is 0 Å². The van der Waals surface area contributed by atoms with Crippen molar-refractivity contribution in [3.8, 4) is 11.5 Å². The molecule has 1 fully saturated rings. The molecule has 2 atom stereocenters. The average molecular weight is 397 g/mol. The van der Waals surface area contributed by atoms with Crippen molar-refractivity contribution in [3.05, 3.63) is 54.1 Å². The monoisotopic (exact) mass is 397 g/mol. The number of anilines is 1. The van der Waals surface area contributed by atoms with E-state index in [1.165, 1.54) is 0 Å². The molecular weight excluding hydrogens is 370 g/mol. The van der Waals surface area contributed by atoms with Crippen molar-refractivity contribution in [1.82, 2.24) is 5.32 Å². The topological polar surface area (TPSA) is 103 Å². The molecule has 0 bridgehead atoms. The third-order valence-corrected chi connectivity index (χ3v) is 5.12. The van der Waals surface area contributed by atoms with Crippen LogP contribution in [0, 0.1) is 5.92 Å². The zero-order valence-corrected chi connectivity index (χ0v) is 16.5. The molecule has 0 radical (unpaired) electrons. The van der Waals surface area contributed by atoms with Crippen LogP contribution in [0.5, 0.6) is 11.5 Å². The van der Waals surface area contributed by atoms with Crippen LogP contribution in [-0.4, -0.2) is 38.1 Å². The lowest BCUT2D eigenvalue weighted by Gasteiger charge is -2.19. The summed E-state index contributed by atoms with van der Waals surface area (Å²) < 4.78 is 10.6. The van der Waals surface area contributed by atoms with Gasteiger partial charge in [0.25, 0.3) is 11.8 Å². The van der Waals surface area contributed by atoms with Gasteiger partial charge < -0.3 is 25.8 Å². The molecule has 4 N–H and O–H groups in total. The first-order chi connectivity index (χ1) is 14.1. The predicted molar refractivity (Wildman–Crippen MR) is 111 cm³/mol. The van der Waals surface area contributed by atoms with Gasteiger partial charge in [0.05, 0.1) is 7.11 Å². The number of hydrogen-bond donors (Lipinski definition) is 3. The van der Waals surface area contributed by atoms with Gasteiger partial charge in [0.1, 0.15) is 11.5 Å². The van der Waals surface area contributed by atoms with Gasteiger partial charge >= 0.3 is 0 Å².